The number of aromatic nitrogens is 2. The maximum atomic E-state index is 6.38. The zero-order chi connectivity index (χ0) is 13.6. The van der Waals surface area contributed by atoms with Gasteiger partial charge in [0.2, 0.25) is 0 Å². The molecule has 1 heterocycles. The van der Waals surface area contributed by atoms with E-state index in [4.69, 9.17) is 28.9 Å². The van der Waals surface area contributed by atoms with Crippen molar-refractivity contribution in [1.82, 2.24) is 9.97 Å². The van der Waals surface area contributed by atoms with Crippen LogP contribution < -0.4 is 5.73 Å². The van der Waals surface area contributed by atoms with Crippen molar-refractivity contribution in [2.45, 2.75) is 32.1 Å². The topological polar surface area (TPSA) is 54.7 Å². The van der Waals surface area contributed by atoms with Crippen LogP contribution in [0.1, 0.15) is 41.3 Å². The summed E-state index contributed by atoms with van der Waals surface area (Å²) in [5, 5.41) is 1.18. The Bertz CT molecular complexity index is 620. The Morgan fingerprint density at radius 2 is 2.16 bits per heavy atom. The standard InChI is InChI=1S/C14H15Cl2N3/c1-7-10-8(12(16)13(17)11(7)15)3-2-4-9(10)14-18-5-6-19-14/h5-6,9H,2-4,17H2,1H3,(H,18,19). The zero-order valence-corrected chi connectivity index (χ0v) is 12.1. The predicted molar refractivity (Wildman–Crippen MR) is 79.0 cm³/mol. The number of anilines is 1. The summed E-state index contributed by atoms with van der Waals surface area (Å²) in [6.45, 7) is 2.01. The number of nitrogen functional groups attached to an aromatic ring is 1. The van der Waals surface area contributed by atoms with E-state index >= 15 is 0 Å². The molecule has 19 heavy (non-hydrogen) atoms. The Labute approximate surface area is 122 Å². The first-order chi connectivity index (χ1) is 9.11. The quantitative estimate of drug-likeness (QED) is 0.779. The molecule has 0 aliphatic heterocycles. The van der Waals surface area contributed by atoms with Crippen molar-refractivity contribution in [3.05, 3.63) is 45.0 Å². The Morgan fingerprint density at radius 1 is 1.37 bits per heavy atom. The van der Waals surface area contributed by atoms with Gasteiger partial charge in [-0.1, -0.05) is 23.2 Å². The summed E-state index contributed by atoms with van der Waals surface area (Å²) in [5.74, 6) is 1.20. The Balaban J connectivity index is 2.25. The van der Waals surface area contributed by atoms with Crippen LogP contribution in [0.3, 0.4) is 0 Å². The summed E-state index contributed by atoms with van der Waals surface area (Å²) in [6, 6.07) is 0. The van der Waals surface area contributed by atoms with Gasteiger partial charge in [-0.3, -0.25) is 0 Å². The maximum absolute atomic E-state index is 6.38. The number of rotatable bonds is 1. The highest BCUT2D eigenvalue weighted by atomic mass is 35.5. The van der Waals surface area contributed by atoms with Crippen LogP contribution >= 0.6 is 23.2 Å². The molecule has 0 fully saturated rings. The van der Waals surface area contributed by atoms with E-state index in [1.54, 1.807) is 6.20 Å². The molecule has 1 aromatic heterocycles. The molecule has 1 aliphatic carbocycles. The Kier molecular flexibility index (Phi) is 3.19. The zero-order valence-electron chi connectivity index (χ0n) is 10.6. The van der Waals surface area contributed by atoms with Gasteiger partial charge in [0.15, 0.2) is 0 Å². The number of nitrogens with zero attached hydrogens (tertiary/aromatic N) is 1. The molecular weight excluding hydrogens is 281 g/mol. The minimum absolute atomic E-state index is 0.231. The van der Waals surface area contributed by atoms with Crippen molar-refractivity contribution >= 4 is 28.9 Å². The van der Waals surface area contributed by atoms with Gasteiger partial charge in [-0.25, -0.2) is 4.98 Å². The van der Waals surface area contributed by atoms with Crippen LogP contribution in [0.25, 0.3) is 0 Å². The number of hydrogen-bond acceptors (Lipinski definition) is 2. The van der Waals surface area contributed by atoms with Gasteiger partial charge in [-0.05, 0) is 42.9 Å². The van der Waals surface area contributed by atoms with Crippen LogP contribution in [0, 0.1) is 6.92 Å². The molecule has 3 rings (SSSR count). The fourth-order valence-corrected chi connectivity index (χ4v) is 3.54. The number of halogens is 2. The molecule has 0 radical (unpaired) electrons. The average molecular weight is 296 g/mol. The second kappa shape index (κ2) is 4.73. The van der Waals surface area contributed by atoms with E-state index in [0.717, 1.165) is 36.2 Å². The molecule has 1 aromatic carbocycles. The number of H-pyrrole nitrogens is 1. The van der Waals surface area contributed by atoms with Crippen LogP contribution in [0.4, 0.5) is 5.69 Å². The maximum Gasteiger partial charge on any atom is 0.113 e. The van der Waals surface area contributed by atoms with Gasteiger partial charge < -0.3 is 10.7 Å². The molecule has 100 valence electrons. The Hall–Kier alpha value is -1.19. The van der Waals surface area contributed by atoms with Crippen LogP contribution in [-0.2, 0) is 6.42 Å². The number of nitrogens with one attached hydrogen (secondary N) is 1. The van der Waals surface area contributed by atoms with Crippen molar-refractivity contribution < 1.29 is 0 Å². The number of nitrogens with two attached hydrogens (primary N) is 1. The molecule has 3 nitrogen and oxygen atoms in total. The minimum atomic E-state index is 0.231. The molecule has 0 spiro atoms. The number of hydrogen-bond donors (Lipinski definition) is 2. The van der Waals surface area contributed by atoms with Crippen molar-refractivity contribution in [3.8, 4) is 0 Å². The van der Waals surface area contributed by atoms with Crippen LogP contribution in [0.2, 0.25) is 10.0 Å². The number of fused-ring (bicyclic) bond motifs is 1. The second-order valence-electron chi connectivity index (χ2n) is 4.98. The SMILES string of the molecule is Cc1c(Cl)c(N)c(Cl)c2c1C(c1ncc[nH]1)CCC2. The van der Waals surface area contributed by atoms with Crippen LogP contribution in [0.15, 0.2) is 12.4 Å². The molecule has 3 N–H and O–H groups in total. The van der Waals surface area contributed by atoms with E-state index in [2.05, 4.69) is 9.97 Å². The molecule has 0 saturated carbocycles. The largest absolute Gasteiger partial charge is 0.396 e. The lowest BCUT2D eigenvalue weighted by atomic mass is 9.79. The third-order valence-electron chi connectivity index (χ3n) is 3.91. The number of aromatic amines is 1. The molecule has 1 atom stereocenters. The lowest BCUT2D eigenvalue weighted by Crippen LogP contribution is -2.16. The van der Waals surface area contributed by atoms with Crippen molar-refractivity contribution in [1.29, 1.82) is 0 Å². The van der Waals surface area contributed by atoms with E-state index in [-0.39, 0.29) is 5.92 Å². The van der Waals surface area contributed by atoms with Gasteiger partial charge in [0.05, 0.1) is 15.7 Å². The molecule has 2 aromatic rings. The summed E-state index contributed by atoms with van der Waals surface area (Å²) in [5.41, 5.74) is 9.84. The monoisotopic (exact) mass is 295 g/mol. The summed E-state index contributed by atoms with van der Waals surface area (Å²) in [7, 11) is 0. The van der Waals surface area contributed by atoms with Gasteiger partial charge in [-0.2, -0.15) is 0 Å². The smallest absolute Gasteiger partial charge is 0.113 e. The van der Waals surface area contributed by atoms with Gasteiger partial charge in [-0.15, -0.1) is 0 Å². The van der Waals surface area contributed by atoms with Crippen LogP contribution in [-0.4, -0.2) is 9.97 Å². The van der Waals surface area contributed by atoms with Crippen molar-refractivity contribution in [3.63, 3.8) is 0 Å². The van der Waals surface area contributed by atoms with E-state index < -0.39 is 0 Å². The predicted octanol–water partition coefficient (Wildman–Crippen LogP) is 4.08. The fraction of sp³-hybridized carbons (Fsp3) is 0.357. The molecule has 0 saturated heterocycles. The third-order valence-corrected chi connectivity index (χ3v) is 4.83. The van der Waals surface area contributed by atoms with E-state index in [9.17, 15) is 0 Å². The first kappa shape index (κ1) is 12.8. The highest BCUT2D eigenvalue weighted by molar-refractivity contribution is 6.40. The Morgan fingerprint density at radius 3 is 2.84 bits per heavy atom. The summed E-state index contributed by atoms with van der Waals surface area (Å²) < 4.78 is 0. The molecular formula is C14H15Cl2N3. The van der Waals surface area contributed by atoms with E-state index in [0.29, 0.717) is 15.7 Å². The first-order valence-corrected chi connectivity index (χ1v) is 7.12. The van der Waals surface area contributed by atoms with Crippen LogP contribution in [0.5, 0.6) is 0 Å². The van der Waals surface area contributed by atoms with E-state index in [1.165, 1.54) is 5.56 Å². The lowest BCUT2D eigenvalue weighted by Gasteiger charge is -2.28. The number of imidazole rings is 1. The summed E-state index contributed by atoms with van der Waals surface area (Å²) in [6.07, 6.45) is 6.71. The first-order valence-electron chi connectivity index (χ1n) is 6.36. The fourth-order valence-electron chi connectivity index (χ4n) is 3.01. The van der Waals surface area contributed by atoms with Gasteiger partial charge >= 0.3 is 0 Å². The van der Waals surface area contributed by atoms with Gasteiger partial charge in [0, 0.05) is 18.3 Å². The van der Waals surface area contributed by atoms with Crippen molar-refractivity contribution in [2.24, 2.45) is 0 Å². The van der Waals surface area contributed by atoms with Gasteiger partial charge in [0.1, 0.15) is 5.82 Å². The molecule has 1 unspecified atom stereocenters. The van der Waals surface area contributed by atoms with Crippen molar-refractivity contribution in [2.75, 3.05) is 5.73 Å². The summed E-state index contributed by atoms with van der Waals surface area (Å²) >= 11 is 12.7. The second-order valence-corrected chi connectivity index (χ2v) is 5.73. The molecule has 1 aliphatic rings. The third kappa shape index (κ3) is 1.92. The summed E-state index contributed by atoms with van der Waals surface area (Å²) in [4.78, 5) is 7.59. The molecule has 5 heteroatoms. The average Bonchev–Trinajstić information content (AvgIpc) is 2.96. The molecule has 0 bridgehead atoms. The molecule has 0 amide bonds. The minimum Gasteiger partial charge on any atom is -0.396 e. The highest BCUT2D eigenvalue weighted by Gasteiger charge is 2.29. The normalized spacial score (nSPS) is 18.4. The lowest BCUT2D eigenvalue weighted by molar-refractivity contribution is 0.592. The van der Waals surface area contributed by atoms with E-state index in [1.807, 2.05) is 13.1 Å². The van der Waals surface area contributed by atoms with Gasteiger partial charge in [0.25, 0.3) is 0 Å². The highest BCUT2D eigenvalue weighted by Crippen LogP contribution is 2.45. The number of benzene rings is 1.